The molecule has 0 atom stereocenters. The molecule has 7 nitrogen and oxygen atoms in total. The Morgan fingerprint density at radius 2 is 2.12 bits per heavy atom. The summed E-state index contributed by atoms with van der Waals surface area (Å²) in [6.45, 7) is 0.737. The van der Waals surface area contributed by atoms with Gasteiger partial charge in [0.1, 0.15) is 0 Å². The van der Waals surface area contributed by atoms with Crippen LogP contribution >= 0.6 is 11.8 Å². The van der Waals surface area contributed by atoms with Crippen LogP contribution in [0.4, 0.5) is 11.9 Å². The molecule has 0 fully saturated rings. The van der Waals surface area contributed by atoms with Crippen LogP contribution in [0.2, 0.25) is 0 Å². The van der Waals surface area contributed by atoms with Crippen LogP contribution in [-0.2, 0) is 4.74 Å². The molecule has 0 radical (unpaired) electrons. The lowest BCUT2D eigenvalue weighted by Gasteiger charge is -2.11. The third kappa shape index (κ3) is 4.72. The Bertz CT molecular complexity index is 348. The van der Waals surface area contributed by atoms with Gasteiger partial charge < -0.3 is 9.64 Å². The second kappa shape index (κ2) is 7.25. The lowest BCUT2D eigenvalue weighted by molar-refractivity contribution is 0.200. The van der Waals surface area contributed by atoms with Crippen molar-refractivity contribution >= 4 is 23.7 Å². The van der Waals surface area contributed by atoms with Crippen LogP contribution in [0.1, 0.15) is 6.42 Å². The molecular weight excluding hydrogens is 240 g/mol. The Hall–Kier alpha value is -1.12. The molecule has 1 rings (SSSR count). The number of methoxy groups -OCH3 is 1. The number of hydrogen-bond acceptors (Lipinski definition) is 8. The van der Waals surface area contributed by atoms with Gasteiger partial charge in [-0.3, -0.25) is 5.43 Å². The zero-order valence-electron chi connectivity index (χ0n) is 10.3. The molecule has 96 valence electrons. The third-order valence-corrected chi connectivity index (χ3v) is 2.79. The fourth-order valence-corrected chi connectivity index (χ4v) is 1.78. The second-order valence-electron chi connectivity index (χ2n) is 3.48. The normalized spacial score (nSPS) is 10.4. The molecule has 1 heterocycles. The van der Waals surface area contributed by atoms with E-state index < -0.39 is 0 Å². The van der Waals surface area contributed by atoms with Crippen LogP contribution < -0.4 is 16.2 Å². The number of nitrogens with one attached hydrogen (secondary N) is 1. The van der Waals surface area contributed by atoms with Gasteiger partial charge in [-0.25, -0.2) is 5.84 Å². The van der Waals surface area contributed by atoms with Crippen LogP contribution in [0.25, 0.3) is 0 Å². The molecule has 0 aliphatic heterocycles. The van der Waals surface area contributed by atoms with Crippen molar-refractivity contribution in [1.29, 1.82) is 0 Å². The number of nitrogens with zero attached hydrogens (tertiary/aromatic N) is 4. The molecule has 0 amide bonds. The van der Waals surface area contributed by atoms with Crippen LogP contribution in [-0.4, -0.2) is 48.5 Å². The number of aromatic nitrogens is 3. The van der Waals surface area contributed by atoms with E-state index in [-0.39, 0.29) is 0 Å². The van der Waals surface area contributed by atoms with Crippen LogP contribution in [0.15, 0.2) is 5.16 Å². The van der Waals surface area contributed by atoms with Gasteiger partial charge in [0.05, 0.1) is 0 Å². The number of rotatable bonds is 7. The smallest absolute Gasteiger partial charge is 0.242 e. The van der Waals surface area contributed by atoms with E-state index in [1.807, 2.05) is 19.0 Å². The minimum absolute atomic E-state index is 0.373. The first-order valence-corrected chi connectivity index (χ1v) is 6.17. The molecule has 0 aliphatic rings. The number of hydrogen-bond donors (Lipinski definition) is 2. The lowest BCUT2D eigenvalue weighted by Crippen LogP contribution is -2.17. The Labute approximate surface area is 105 Å². The van der Waals surface area contributed by atoms with Crippen molar-refractivity contribution in [2.45, 2.75) is 11.6 Å². The maximum Gasteiger partial charge on any atom is 0.242 e. The topological polar surface area (TPSA) is 89.2 Å². The molecule has 0 aromatic carbocycles. The van der Waals surface area contributed by atoms with Gasteiger partial charge in [-0.1, -0.05) is 11.8 Å². The maximum absolute atomic E-state index is 5.31. The van der Waals surface area contributed by atoms with Gasteiger partial charge in [0.25, 0.3) is 0 Å². The van der Waals surface area contributed by atoms with Crippen LogP contribution in [0.5, 0.6) is 0 Å². The second-order valence-corrected chi connectivity index (χ2v) is 4.54. The predicted octanol–water partition coefficient (Wildman–Crippen LogP) is 0.352. The summed E-state index contributed by atoms with van der Waals surface area (Å²) in [5.74, 6) is 7.17. The Morgan fingerprint density at radius 1 is 1.35 bits per heavy atom. The van der Waals surface area contributed by atoms with Gasteiger partial charge in [-0.15, -0.1) is 0 Å². The summed E-state index contributed by atoms with van der Waals surface area (Å²) in [4.78, 5) is 14.4. The van der Waals surface area contributed by atoms with E-state index >= 15 is 0 Å². The van der Waals surface area contributed by atoms with Crippen molar-refractivity contribution in [3.05, 3.63) is 0 Å². The number of ether oxygens (including phenoxy) is 1. The first-order chi connectivity index (χ1) is 8.17. The lowest BCUT2D eigenvalue weighted by atomic mass is 10.5. The van der Waals surface area contributed by atoms with Crippen molar-refractivity contribution in [3.8, 4) is 0 Å². The molecule has 8 heteroatoms. The Balaban J connectivity index is 2.66. The molecule has 0 saturated carbocycles. The summed E-state index contributed by atoms with van der Waals surface area (Å²) in [5, 5.41) is 0.660. The van der Waals surface area contributed by atoms with E-state index in [4.69, 9.17) is 10.6 Å². The van der Waals surface area contributed by atoms with Gasteiger partial charge in [0.15, 0.2) is 5.16 Å². The molecule has 1 aromatic rings. The minimum atomic E-state index is 0.373. The summed E-state index contributed by atoms with van der Waals surface area (Å²) in [6.07, 6.45) is 0.954. The summed E-state index contributed by atoms with van der Waals surface area (Å²) >= 11 is 1.56. The molecule has 1 aromatic heterocycles. The van der Waals surface area contributed by atoms with E-state index in [0.29, 0.717) is 17.1 Å². The zero-order valence-corrected chi connectivity index (χ0v) is 11.1. The maximum atomic E-state index is 5.31. The van der Waals surface area contributed by atoms with E-state index in [0.717, 1.165) is 18.8 Å². The minimum Gasteiger partial charge on any atom is -0.385 e. The van der Waals surface area contributed by atoms with Gasteiger partial charge >= 0.3 is 0 Å². The average molecular weight is 258 g/mol. The molecule has 0 aliphatic carbocycles. The van der Waals surface area contributed by atoms with Gasteiger partial charge in [0.2, 0.25) is 11.9 Å². The van der Waals surface area contributed by atoms with Crippen molar-refractivity contribution in [2.24, 2.45) is 5.84 Å². The summed E-state index contributed by atoms with van der Waals surface area (Å²) in [6, 6.07) is 0. The molecule has 3 N–H and O–H groups in total. The van der Waals surface area contributed by atoms with Gasteiger partial charge in [-0.2, -0.15) is 15.0 Å². The highest BCUT2D eigenvalue weighted by Gasteiger charge is 2.07. The molecule has 0 saturated heterocycles. The monoisotopic (exact) mass is 258 g/mol. The Kier molecular flexibility index (Phi) is 5.95. The standard InChI is InChI=1S/C9H18N6OS/c1-15(2)8-11-7(14-10)12-9(13-8)17-6-4-5-16-3/h4-6,10H2,1-3H3,(H,11,12,13,14). The number of thioether (sulfide) groups is 1. The van der Waals surface area contributed by atoms with Gasteiger partial charge in [-0.05, 0) is 6.42 Å². The molecular formula is C9H18N6OS. The Morgan fingerprint density at radius 3 is 2.71 bits per heavy atom. The first kappa shape index (κ1) is 13.9. The highest BCUT2D eigenvalue weighted by Crippen LogP contribution is 2.17. The largest absolute Gasteiger partial charge is 0.385 e. The van der Waals surface area contributed by atoms with E-state index in [9.17, 15) is 0 Å². The quantitative estimate of drug-likeness (QED) is 0.313. The molecule has 0 bridgehead atoms. The van der Waals surface area contributed by atoms with Crippen LogP contribution in [0.3, 0.4) is 0 Å². The summed E-state index contributed by atoms with van der Waals surface area (Å²) in [5.41, 5.74) is 2.44. The van der Waals surface area contributed by atoms with Gasteiger partial charge in [0, 0.05) is 33.6 Å². The fraction of sp³-hybridized carbons (Fsp3) is 0.667. The van der Waals surface area contributed by atoms with E-state index in [1.54, 1.807) is 18.9 Å². The highest BCUT2D eigenvalue weighted by molar-refractivity contribution is 7.99. The summed E-state index contributed by atoms with van der Waals surface area (Å²) < 4.78 is 4.98. The molecule has 0 unspecified atom stereocenters. The zero-order chi connectivity index (χ0) is 12.7. The van der Waals surface area contributed by atoms with E-state index in [2.05, 4.69) is 20.4 Å². The third-order valence-electron chi connectivity index (χ3n) is 1.86. The van der Waals surface area contributed by atoms with Crippen molar-refractivity contribution in [1.82, 2.24) is 15.0 Å². The van der Waals surface area contributed by atoms with Crippen LogP contribution in [0, 0.1) is 0 Å². The van der Waals surface area contributed by atoms with Crippen molar-refractivity contribution < 1.29 is 4.74 Å². The van der Waals surface area contributed by atoms with E-state index in [1.165, 1.54) is 0 Å². The molecule has 17 heavy (non-hydrogen) atoms. The average Bonchev–Trinajstić information content (AvgIpc) is 2.34. The van der Waals surface area contributed by atoms with Crippen molar-refractivity contribution in [2.75, 3.05) is 43.9 Å². The number of hydrazine groups is 1. The number of nitrogen functional groups attached to an aromatic ring is 1. The predicted molar refractivity (Wildman–Crippen MR) is 69.2 cm³/mol. The number of anilines is 2. The summed E-state index contributed by atoms with van der Waals surface area (Å²) in [7, 11) is 5.43. The SMILES string of the molecule is COCCCSc1nc(NN)nc(N(C)C)n1. The highest BCUT2D eigenvalue weighted by atomic mass is 32.2. The van der Waals surface area contributed by atoms with Crippen molar-refractivity contribution in [3.63, 3.8) is 0 Å². The fourth-order valence-electron chi connectivity index (χ4n) is 1.04. The number of nitrogens with two attached hydrogens (primary N) is 1. The molecule has 0 spiro atoms. The first-order valence-electron chi connectivity index (χ1n) is 5.19.